The van der Waals surface area contributed by atoms with E-state index in [4.69, 9.17) is 5.73 Å². The Balaban J connectivity index is 2.32. The van der Waals surface area contributed by atoms with Gasteiger partial charge in [0.2, 0.25) is 0 Å². The molecule has 13 heavy (non-hydrogen) atoms. The molecule has 1 fully saturated rings. The Morgan fingerprint density at radius 2 is 2.15 bits per heavy atom. The molecule has 1 aliphatic rings. The minimum atomic E-state index is 0.758. The molecule has 0 spiro atoms. The first-order valence-electron chi connectivity index (χ1n) is 5.33. The van der Waals surface area contributed by atoms with Crippen LogP contribution in [-0.4, -0.2) is 56.1 Å². The smallest absolute Gasteiger partial charge is 0.0105 e. The Bertz CT molecular complexity index is 138. The Labute approximate surface area is 81.9 Å². The van der Waals surface area contributed by atoms with Crippen LogP contribution in [0.5, 0.6) is 0 Å². The van der Waals surface area contributed by atoms with Crippen molar-refractivity contribution >= 4 is 0 Å². The molecule has 1 rings (SSSR count). The summed E-state index contributed by atoms with van der Waals surface area (Å²) in [4.78, 5) is 4.84. The van der Waals surface area contributed by atoms with Gasteiger partial charge in [0.15, 0.2) is 0 Å². The van der Waals surface area contributed by atoms with Crippen LogP contribution in [-0.2, 0) is 0 Å². The SMILES string of the molecule is CN1CCCC(N(C)CCN)CC1. The van der Waals surface area contributed by atoms with Gasteiger partial charge in [0.25, 0.3) is 0 Å². The summed E-state index contributed by atoms with van der Waals surface area (Å²) in [6, 6.07) is 0.758. The van der Waals surface area contributed by atoms with Crippen molar-refractivity contribution in [2.75, 3.05) is 40.3 Å². The summed E-state index contributed by atoms with van der Waals surface area (Å²) in [5.41, 5.74) is 5.55. The Morgan fingerprint density at radius 3 is 2.85 bits per heavy atom. The molecule has 0 aliphatic carbocycles. The molecular weight excluding hydrogens is 162 g/mol. The maximum atomic E-state index is 5.55. The number of nitrogens with zero attached hydrogens (tertiary/aromatic N) is 2. The zero-order chi connectivity index (χ0) is 9.68. The zero-order valence-corrected chi connectivity index (χ0v) is 9.00. The average molecular weight is 185 g/mol. The van der Waals surface area contributed by atoms with Crippen molar-refractivity contribution in [1.82, 2.24) is 9.80 Å². The van der Waals surface area contributed by atoms with Gasteiger partial charge < -0.3 is 15.5 Å². The highest BCUT2D eigenvalue weighted by Crippen LogP contribution is 2.14. The highest BCUT2D eigenvalue weighted by molar-refractivity contribution is 4.74. The van der Waals surface area contributed by atoms with Crippen LogP contribution in [0.4, 0.5) is 0 Å². The number of nitrogens with two attached hydrogens (primary N) is 1. The molecule has 1 heterocycles. The van der Waals surface area contributed by atoms with Gasteiger partial charge in [-0.15, -0.1) is 0 Å². The van der Waals surface area contributed by atoms with Crippen LogP contribution in [0, 0.1) is 0 Å². The lowest BCUT2D eigenvalue weighted by atomic mass is 10.1. The molecule has 2 N–H and O–H groups in total. The van der Waals surface area contributed by atoms with Crippen molar-refractivity contribution < 1.29 is 0 Å². The van der Waals surface area contributed by atoms with Crippen LogP contribution in [0.3, 0.4) is 0 Å². The Morgan fingerprint density at radius 1 is 1.38 bits per heavy atom. The molecule has 1 aliphatic heterocycles. The maximum absolute atomic E-state index is 5.55. The summed E-state index contributed by atoms with van der Waals surface area (Å²) in [5, 5.41) is 0. The van der Waals surface area contributed by atoms with Gasteiger partial charge in [-0.3, -0.25) is 0 Å². The van der Waals surface area contributed by atoms with Crippen LogP contribution in [0.1, 0.15) is 19.3 Å². The van der Waals surface area contributed by atoms with Crippen molar-refractivity contribution in [3.8, 4) is 0 Å². The number of hydrogen-bond acceptors (Lipinski definition) is 3. The van der Waals surface area contributed by atoms with Gasteiger partial charge in [0, 0.05) is 19.1 Å². The Kier molecular flexibility index (Phi) is 4.70. The van der Waals surface area contributed by atoms with Crippen molar-refractivity contribution in [3.63, 3.8) is 0 Å². The van der Waals surface area contributed by atoms with Crippen LogP contribution in [0.15, 0.2) is 0 Å². The van der Waals surface area contributed by atoms with E-state index in [1.807, 2.05) is 0 Å². The number of likely N-dealkylation sites (N-methyl/N-ethyl adjacent to an activating group) is 1. The Hall–Kier alpha value is -0.120. The summed E-state index contributed by atoms with van der Waals surface area (Å²) < 4.78 is 0. The molecular formula is C10H23N3. The molecule has 3 nitrogen and oxygen atoms in total. The van der Waals surface area contributed by atoms with Gasteiger partial charge in [-0.2, -0.15) is 0 Å². The summed E-state index contributed by atoms with van der Waals surface area (Å²) in [5.74, 6) is 0. The molecule has 78 valence electrons. The van der Waals surface area contributed by atoms with Crippen molar-refractivity contribution in [2.24, 2.45) is 5.73 Å². The van der Waals surface area contributed by atoms with Crippen LogP contribution in [0.25, 0.3) is 0 Å². The third kappa shape index (κ3) is 3.63. The second-order valence-electron chi connectivity index (χ2n) is 4.16. The molecule has 0 bridgehead atoms. The van der Waals surface area contributed by atoms with Crippen molar-refractivity contribution in [2.45, 2.75) is 25.3 Å². The first kappa shape index (κ1) is 11.0. The minimum absolute atomic E-state index is 0.758. The van der Waals surface area contributed by atoms with E-state index in [0.29, 0.717) is 0 Å². The van der Waals surface area contributed by atoms with E-state index >= 15 is 0 Å². The fraction of sp³-hybridized carbons (Fsp3) is 1.00. The lowest BCUT2D eigenvalue weighted by Crippen LogP contribution is -2.36. The lowest BCUT2D eigenvalue weighted by molar-refractivity contribution is 0.225. The van der Waals surface area contributed by atoms with Gasteiger partial charge in [-0.05, 0) is 46.4 Å². The summed E-state index contributed by atoms with van der Waals surface area (Å²) in [7, 11) is 4.41. The predicted octanol–water partition coefficient (Wildman–Crippen LogP) is 0.361. The van der Waals surface area contributed by atoms with Gasteiger partial charge in [0.05, 0.1) is 0 Å². The fourth-order valence-corrected chi connectivity index (χ4v) is 2.05. The van der Waals surface area contributed by atoms with Crippen LogP contribution in [0.2, 0.25) is 0 Å². The van der Waals surface area contributed by atoms with E-state index < -0.39 is 0 Å². The van der Waals surface area contributed by atoms with Gasteiger partial charge >= 0.3 is 0 Å². The molecule has 0 aromatic rings. The number of rotatable bonds is 3. The molecule has 1 saturated heterocycles. The van der Waals surface area contributed by atoms with Crippen molar-refractivity contribution in [3.05, 3.63) is 0 Å². The summed E-state index contributed by atoms with van der Waals surface area (Å²) in [6.45, 7) is 4.31. The van der Waals surface area contributed by atoms with E-state index in [1.165, 1.54) is 32.4 Å². The van der Waals surface area contributed by atoms with Gasteiger partial charge in [0.1, 0.15) is 0 Å². The molecule has 0 aromatic carbocycles. The number of likely N-dealkylation sites (tertiary alicyclic amines) is 1. The molecule has 0 amide bonds. The van der Waals surface area contributed by atoms with E-state index in [-0.39, 0.29) is 0 Å². The van der Waals surface area contributed by atoms with E-state index in [1.54, 1.807) is 0 Å². The average Bonchev–Trinajstić information content (AvgIpc) is 2.30. The largest absolute Gasteiger partial charge is 0.329 e. The second-order valence-corrected chi connectivity index (χ2v) is 4.16. The fourth-order valence-electron chi connectivity index (χ4n) is 2.05. The summed E-state index contributed by atoms with van der Waals surface area (Å²) >= 11 is 0. The highest BCUT2D eigenvalue weighted by Gasteiger charge is 2.17. The molecule has 0 radical (unpaired) electrons. The monoisotopic (exact) mass is 185 g/mol. The summed E-state index contributed by atoms with van der Waals surface area (Å²) in [6.07, 6.45) is 3.96. The highest BCUT2D eigenvalue weighted by atomic mass is 15.2. The van der Waals surface area contributed by atoms with Gasteiger partial charge in [-0.1, -0.05) is 0 Å². The normalized spacial score (nSPS) is 26.3. The topological polar surface area (TPSA) is 32.5 Å². The quantitative estimate of drug-likeness (QED) is 0.689. The minimum Gasteiger partial charge on any atom is -0.329 e. The maximum Gasteiger partial charge on any atom is 0.0105 e. The van der Waals surface area contributed by atoms with Crippen LogP contribution < -0.4 is 5.73 Å². The van der Waals surface area contributed by atoms with Crippen molar-refractivity contribution in [1.29, 1.82) is 0 Å². The molecule has 3 heteroatoms. The number of hydrogen-bond donors (Lipinski definition) is 1. The second kappa shape index (κ2) is 5.58. The first-order chi connectivity index (χ1) is 6.24. The zero-order valence-electron chi connectivity index (χ0n) is 9.00. The van der Waals surface area contributed by atoms with E-state index in [9.17, 15) is 0 Å². The molecule has 0 aromatic heterocycles. The third-order valence-electron chi connectivity index (χ3n) is 3.03. The lowest BCUT2D eigenvalue weighted by Gasteiger charge is -2.26. The molecule has 1 unspecified atom stereocenters. The standard InChI is InChI=1S/C10H23N3/c1-12-7-3-4-10(5-8-12)13(2)9-6-11/h10H,3-9,11H2,1-2H3. The van der Waals surface area contributed by atoms with Crippen LogP contribution >= 0.6 is 0 Å². The first-order valence-corrected chi connectivity index (χ1v) is 5.33. The molecule has 1 atom stereocenters. The third-order valence-corrected chi connectivity index (χ3v) is 3.03. The van der Waals surface area contributed by atoms with Gasteiger partial charge in [-0.25, -0.2) is 0 Å². The van der Waals surface area contributed by atoms with E-state index in [2.05, 4.69) is 23.9 Å². The van der Waals surface area contributed by atoms with E-state index in [0.717, 1.165) is 19.1 Å². The molecule has 0 saturated carbocycles. The predicted molar refractivity (Wildman–Crippen MR) is 56.8 cm³/mol.